The smallest absolute Gasteiger partial charge is 0.332 e. The molecular weight excluding hydrogens is 366 g/mol. The van der Waals surface area contributed by atoms with Gasteiger partial charge in [-0.25, -0.2) is 9.78 Å². The van der Waals surface area contributed by atoms with Crippen LogP contribution in [0.1, 0.15) is 29.3 Å². The molecule has 9 heteroatoms. The molecule has 0 unspecified atom stereocenters. The standard InChI is InChI=1S/C18H21N5O3S/c1-4-7-23-15(19)14(16(25)22(3)18(23)26)13(24)9-27-17-20-11-6-5-10(2)8-12(11)21-17/h5-6,8H,4,7,9,19H2,1-3H3,(H,20,21). The van der Waals surface area contributed by atoms with Crippen molar-refractivity contribution < 1.29 is 4.79 Å². The van der Waals surface area contributed by atoms with Crippen LogP contribution in [-0.2, 0) is 13.6 Å². The number of nitrogens with zero attached hydrogens (tertiary/aromatic N) is 3. The zero-order valence-electron chi connectivity index (χ0n) is 15.4. The summed E-state index contributed by atoms with van der Waals surface area (Å²) < 4.78 is 2.19. The molecule has 0 atom stereocenters. The van der Waals surface area contributed by atoms with E-state index in [9.17, 15) is 14.4 Å². The van der Waals surface area contributed by atoms with Crippen molar-refractivity contribution in [1.29, 1.82) is 0 Å². The van der Waals surface area contributed by atoms with Crippen molar-refractivity contribution in [2.75, 3.05) is 11.5 Å². The molecule has 142 valence electrons. The first kappa shape index (κ1) is 19.0. The first-order valence-electron chi connectivity index (χ1n) is 8.55. The molecule has 0 aliphatic carbocycles. The van der Waals surface area contributed by atoms with E-state index >= 15 is 0 Å². The predicted octanol–water partition coefficient (Wildman–Crippen LogP) is 1.70. The Hall–Kier alpha value is -2.81. The second kappa shape index (κ2) is 7.43. The number of H-pyrrole nitrogens is 1. The number of aromatic nitrogens is 4. The Kier molecular flexibility index (Phi) is 5.22. The van der Waals surface area contributed by atoms with E-state index in [1.165, 1.54) is 23.4 Å². The molecule has 0 bridgehead atoms. The zero-order chi connectivity index (χ0) is 19.7. The zero-order valence-corrected chi connectivity index (χ0v) is 16.2. The maximum absolute atomic E-state index is 12.7. The van der Waals surface area contributed by atoms with Gasteiger partial charge in [-0.2, -0.15) is 0 Å². The lowest BCUT2D eigenvalue weighted by molar-refractivity contribution is 0.102. The van der Waals surface area contributed by atoms with Gasteiger partial charge in [0.2, 0.25) is 0 Å². The number of hydrogen-bond donors (Lipinski definition) is 2. The van der Waals surface area contributed by atoms with E-state index in [-0.39, 0.29) is 17.1 Å². The molecule has 0 aliphatic rings. The van der Waals surface area contributed by atoms with Gasteiger partial charge >= 0.3 is 5.69 Å². The van der Waals surface area contributed by atoms with Gasteiger partial charge in [-0.1, -0.05) is 24.8 Å². The van der Waals surface area contributed by atoms with Gasteiger partial charge in [-0.3, -0.25) is 18.7 Å². The van der Waals surface area contributed by atoms with Crippen molar-refractivity contribution in [1.82, 2.24) is 19.1 Å². The molecule has 0 saturated carbocycles. The topological polar surface area (TPSA) is 116 Å². The third-order valence-electron chi connectivity index (χ3n) is 4.26. The Balaban J connectivity index is 1.89. The van der Waals surface area contributed by atoms with Crippen LogP contribution < -0.4 is 17.0 Å². The third kappa shape index (κ3) is 3.55. The van der Waals surface area contributed by atoms with Crippen LogP contribution in [0, 0.1) is 6.92 Å². The number of nitrogens with two attached hydrogens (primary N) is 1. The summed E-state index contributed by atoms with van der Waals surface area (Å²) in [5.74, 6) is -0.516. The van der Waals surface area contributed by atoms with Crippen LogP contribution in [0.25, 0.3) is 11.0 Å². The molecule has 1 aromatic carbocycles. The van der Waals surface area contributed by atoms with Crippen LogP contribution in [0.2, 0.25) is 0 Å². The van der Waals surface area contributed by atoms with E-state index < -0.39 is 17.0 Å². The number of nitrogen functional groups attached to an aromatic ring is 1. The molecule has 27 heavy (non-hydrogen) atoms. The number of carbonyl (C=O) groups excluding carboxylic acids is 1. The minimum atomic E-state index is -0.671. The van der Waals surface area contributed by atoms with Gasteiger partial charge in [-0.15, -0.1) is 0 Å². The fraction of sp³-hybridized carbons (Fsp3) is 0.333. The molecule has 0 amide bonds. The molecule has 0 radical (unpaired) electrons. The summed E-state index contributed by atoms with van der Waals surface area (Å²) in [6.45, 7) is 4.22. The SMILES string of the molecule is CCCn1c(N)c(C(=O)CSc2nc3ccc(C)cc3[nH]2)c(=O)n(C)c1=O. The maximum atomic E-state index is 12.7. The van der Waals surface area contributed by atoms with Crippen LogP contribution in [0.15, 0.2) is 32.9 Å². The van der Waals surface area contributed by atoms with Gasteiger partial charge in [0, 0.05) is 13.6 Å². The first-order valence-corrected chi connectivity index (χ1v) is 9.53. The Morgan fingerprint density at radius 1 is 1.33 bits per heavy atom. The largest absolute Gasteiger partial charge is 0.384 e. The highest BCUT2D eigenvalue weighted by Gasteiger charge is 2.21. The van der Waals surface area contributed by atoms with Crippen molar-refractivity contribution in [2.24, 2.45) is 7.05 Å². The van der Waals surface area contributed by atoms with Crippen LogP contribution >= 0.6 is 11.8 Å². The molecular formula is C18H21N5O3S. The van der Waals surface area contributed by atoms with E-state index in [1.807, 2.05) is 32.0 Å². The van der Waals surface area contributed by atoms with E-state index in [2.05, 4.69) is 9.97 Å². The summed E-state index contributed by atoms with van der Waals surface area (Å²) in [6.07, 6.45) is 0.656. The van der Waals surface area contributed by atoms with Crippen LogP contribution in [0.3, 0.4) is 0 Å². The number of carbonyl (C=O) groups is 1. The third-order valence-corrected chi connectivity index (χ3v) is 5.14. The van der Waals surface area contributed by atoms with E-state index in [0.29, 0.717) is 18.1 Å². The summed E-state index contributed by atoms with van der Waals surface area (Å²) in [7, 11) is 1.35. The number of anilines is 1. The van der Waals surface area contributed by atoms with Crippen molar-refractivity contribution in [3.63, 3.8) is 0 Å². The Morgan fingerprint density at radius 2 is 2.07 bits per heavy atom. The highest BCUT2D eigenvalue weighted by atomic mass is 32.2. The van der Waals surface area contributed by atoms with Crippen LogP contribution in [0.4, 0.5) is 5.82 Å². The molecule has 0 aliphatic heterocycles. The lowest BCUT2D eigenvalue weighted by Gasteiger charge is -2.13. The number of hydrogen-bond acceptors (Lipinski definition) is 6. The average Bonchev–Trinajstić information content (AvgIpc) is 3.04. The fourth-order valence-corrected chi connectivity index (χ4v) is 3.62. The predicted molar refractivity (Wildman–Crippen MR) is 107 cm³/mol. The van der Waals surface area contributed by atoms with Crippen molar-refractivity contribution >= 4 is 34.4 Å². The van der Waals surface area contributed by atoms with Crippen molar-refractivity contribution in [3.8, 4) is 0 Å². The summed E-state index contributed by atoms with van der Waals surface area (Å²) in [4.78, 5) is 44.9. The molecule has 0 fully saturated rings. The van der Waals surface area contributed by atoms with Gasteiger partial charge in [-0.05, 0) is 31.0 Å². The first-order chi connectivity index (χ1) is 12.8. The van der Waals surface area contributed by atoms with E-state index in [4.69, 9.17) is 5.73 Å². The number of benzene rings is 1. The lowest BCUT2D eigenvalue weighted by atomic mass is 10.2. The van der Waals surface area contributed by atoms with Gasteiger partial charge in [0.15, 0.2) is 10.9 Å². The molecule has 0 saturated heterocycles. The van der Waals surface area contributed by atoms with Crippen molar-refractivity contribution in [2.45, 2.75) is 32.0 Å². The highest BCUT2D eigenvalue weighted by Crippen LogP contribution is 2.21. The lowest BCUT2D eigenvalue weighted by Crippen LogP contribution is -2.42. The Bertz CT molecular complexity index is 1140. The molecule has 3 N–H and O–H groups in total. The van der Waals surface area contributed by atoms with E-state index in [0.717, 1.165) is 21.2 Å². The fourth-order valence-electron chi connectivity index (χ4n) is 2.86. The number of thioether (sulfide) groups is 1. The maximum Gasteiger partial charge on any atom is 0.332 e. The number of aryl methyl sites for hydroxylation is 1. The Morgan fingerprint density at radius 3 is 2.78 bits per heavy atom. The van der Waals surface area contributed by atoms with Crippen LogP contribution in [-0.4, -0.2) is 30.6 Å². The Labute approximate surface area is 159 Å². The molecule has 3 rings (SSSR count). The van der Waals surface area contributed by atoms with Crippen LogP contribution in [0.5, 0.6) is 0 Å². The van der Waals surface area contributed by atoms with Gasteiger partial charge in [0.05, 0.1) is 16.8 Å². The van der Waals surface area contributed by atoms with Gasteiger partial charge in [0.25, 0.3) is 5.56 Å². The number of aromatic amines is 1. The minimum absolute atomic E-state index is 0.0113. The average molecular weight is 387 g/mol. The number of rotatable bonds is 6. The second-order valence-electron chi connectivity index (χ2n) is 6.33. The number of nitrogens with one attached hydrogen (secondary N) is 1. The quantitative estimate of drug-likeness (QED) is 0.491. The molecule has 3 aromatic rings. The summed E-state index contributed by atoms with van der Waals surface area (Å²) in [5.41, 5.74) is 7.45. The molecule has 8 nitrogen and oxygen atoms in total. The highest BCUT2D eigenvalue weighted by molar-refractivity contribution is 7.99. The number of fused-ring (bicyclic) bond motifs is 1. The summed E-state index contributed by atoms with van der Waals surface area (Å²) >= 11 is 1.19. The van der Waals surface area contributed by atoms with E-state index in [1.54, 1.807) is 0 Å². The monoisotopic (exact) mass is 387 g/mol. The molecule has 2 heterocycles. The number of imidazole rings is 1. The molecule has 2 aromatic heterocycles. The van der Waals surface area contributed by atoms with Crippen molar-refractivity contribution in [3.05, 3.63) is 50.2 Å². The summed E-state index contributed by atoms with van der Waals surface area (Å²) in [6, 6.07) is 5.84. The molecule has 0 spiro atoms. The number of Topliss-reactive ketones (excluding diaryl/α,β-unsaturated/α-hetero) is 1. The van der Waals surface area contributed by atoms with Gasteiger partial charge < -0.3 is 10.7 Å². The van der Waals surface area contributed by atoms with Gasteiger partial charge in [0.1, 0.15) is 11.4 Å². The minimum Gasteiger partial charge on any atom is -0.384 e. The summed E-state index contributed by atoms with van der Waals surface area (Å²) in [5, 5.41) is 0.584. The number of ketones is 1. The normalized spacial score (nSPS) is 11.2. The second-order valence-corrected chi connectivity index (χ2v) is 7.30.